The molecule has 116 valence electrons. The van der Waals surface area contributed by atoms with Crippen molar-refractivity contribution in [3.8, 4) is 0 Å². The van der Waals surface area contributed by atoms with Crippen molar-refractivity contribution in [2.24, 2.45) is 16.3 Å². The van der Waals surface area contributed by atoms with E-state index in [1.807, 2.05) is 7.05 Å². The van der Waals surface area contributed by atoms with Crippen LogP contribution in [0.4, 0.5) is 0 Å². The largest absolute Gasteiger partial charge is 0.377 e. The van der Waals surface area contributed by atoms with Crippen molar-refractivity contribution in [3.63, 3.8) is 0 Å². The summed E-state index contributed by atoms with van der Waals surface area (Å²) in [5.41, 5.74) is 0.211. The number of guanidine groups is 1. The Hall–Kier alpha value is -0.0400. The Morgan fingerprint density at radius 2 is 1.90 bits per heavy atom. The van der Waals surface area contributed by atoms with E-state index in [0.717, 1.165) is 12.6 Å². The number of nitrogens with zero attached hydrogens (tertiary/aromatic N) is 1. The van der Waals surface area contributed by atoms with Crippen LogP contribution in [0.2, 0.25) is 0 Å². The summed E-state index contributed by atoms with van der Waals surface area (Å²) in [5, 5.41) is 7.18. The van der Waals surface area contributed by atoms with Crippen molar-refractivity contribution >= 4 is 29.9 Å². The van der Waals surface area contributed by atoms with Gasteiger partial charge in [0.2, 0.25) is 0 Å². The zero-order valence-electron chi connectivity index (χ0n) is 12.8. The number of halogens is 1. The molecule has 4 nitrogen and oxygen atoms in total. The van der Waals surface area contributed by atoms with Gasteiger partial charge in [0.05, 0.1) is 6.10 Å². The number of ether oxygens (including phenoxy) is 1. The maximum absolute atomic E-state index is 5.95. The molecule has 2 aliphatic carbocycles. The van der Waals surface area contributed by atoms with Gasteiger partial charge >= 0.3 is 0 Å². The predicted octanol–water partition coefficient (Wildman–Crippen LogP) is 2.53. The van der Waals surface area contributed by atoms with Crippen LogP contribution in [0.25, 0.3) is 0 Å². The predicted molar refractivity (Wildman–Crippen MR) is 92.7 cm³/mol. The zero-order chi connectivity index (χ0) is 13.5. The highest BCUT2D eigenvalue weighted by Gasteiger charge is 2.58. The number of rotatable bonds is 2. The molecule has 3 unspecified atom stereocenters. The lowest BCUT2D eigenvalue weighted by Crippen LogP contribution is -2.71. The van der Waals surface area contributed by atoms with Crippen molar-refractivity contribution < 1.29 is 4.74 Å². The number of hydrogen-bond donors (Lipinski definition) is 2. The molecule has 1 heterocycles. The minimum absolute atomic E-state index is 0. The van der Waals surface area contributed by atoms with Crippen LogP contribution in [0.15, 0.2) is 4.99 Å². The summed E-state index contributed by atoms with van der Waals surface area (Å²) in [4.78, 5) is 4.39. The van der Waals surface area contributed by atoms with Crippen molar-refractivity contribution in [2.45, 2.75) is 64.1 Å². The van der Waals surface area contributed by atoms with E-state index in [-0.39, 0.29) is 29.4 Å². The highest BCUT2D eigenvalue weighted by molar-refractivity contribution is 14.0. The number of fused-ring (bicyclic) bond motifs is 1. The van der Waals surface area contributed by atoms with Gasteiger partial charge in [0, 0.05) is 37.1 Å². The second-order valence-electron chi connectivity index (χ2n) is 6.89. The molecule has 0 amide bonds. The van der Waals surface area contributed by atoms with E-state index in [2.05, 4.69) is 29.5 Å². The first-order valence-corrected chi connectivity index (χ1v) is 7.74. The minimum atomic E-state index is 0. The Kier molecular flexibility index (Phi) is 5.21. The molecule has 1 aliphatic heterocycles. The fourth-order valence-corrected chi connectivity index (χ4v) is 3.88. The maximum Gasteiger partial charge on any atom is 0.191 e. The van der Waals surface area contributed by atoms with E-state index in [0.29, 0.717) is 24.1 Å². The first-order valence-electron chi connectivity index (χ1n) is 7.74. The molecular formula is C15H28IN3O. The Labute approximate surface area is 139 Å². The average molecular weight is 393 g/mol. The summed E-state index contributed by atoms with van der Waals surface area (Å²) in [6.07, 6.45) is 6.83. The molecule has 0 radical (unpaired) electrons. The second-order valence-corrected chi connectivity index (χ2v) is 6.89. The zero-order valence-corrected chi connectivity index (χ0v) is 15.1. The first kappa shape index (κ1) is 16.3. The van der Waals surface area contributed by atoms with E-state index >= 15 is 0 Å². The van der Waals surface area contributed by atoms with Crippen molar-refractivity contribution in [2.75, 3.05) is 13.7 Å². The molecular weight excluding hydrogens is 365 g/mol. The molecule has 0 bridgehead atoms. The van der Waals surface area contributed by atoms with Crippen LogP contribution >= 0.6 is 24.0 Å². The Morgan fingerprint density at radius 3 is 2.50 bits per heavy atom. The van der Waals surface area contributed by atoms with Crippen LogP contribution < -0.4 is 10.6 Å². The van der Waals surface area contributed by atoms with Gasteiger partial charge in [-0.2, -0.15) is 0 Å². The molecule has 2 N–H and O–H groups in total. The van der Waals surface area contributed by atoms with Gasteiger partial charge in [-0.15, -0.1) is 24.0 Å². The number of nitrogens with one attached hydrogen (secondary N) is 2. The second kappa shape index (κ2) is 6.38. The van der Waals surface area contributed by atoms with Gasteiger partial charge < -0.3 is 15.4 Å². The van der Waals surface area contributed by atoms with Gasteiger partial charge in [-0.25, -0.2) is 0 Å². The number of aliphatic imine (C=N–C) groups is 1. The molecule has 5 heteroatoms. The van der Waals surface area contributed by atoms with E-state index in [9.17, 15) is 0 Å². The van der Waals surface area contributed by atoms with Gasteiger partial charge in [-0.1, -0.05) is 13.8 Å². The monoisotopic (exact) mass is 393 g/mol. The topological polar surface area (TPSA) is 45.7 Å². The molecule has 20 heavy (non-hydrogen) atoms. The number of hydrogen-bond acceptors (Lipinski definition) is 2. The SMILES string of the molecule is CN=C(NC1CCC1)NC1C2CCCOC2C1(C)C.I. The molecule has 0 spiro atoms. The van der Waals surface area contributed by atoms with Crippen molar-refractivity contribution in [3.05, 3.63) is 0 Å². The van der Waals surface area contributed by atoms with E-state index in [1.165, 1.54) is 32.1 Å². The summed E-state index contributed by atoms with van der Waals surface area (Å²) < 4.78 is 5.95. The van der Waals surface area contributed by atoms with Gasteiger partial charge in [0.15, 0.2) is 5.96 Å². The highest BCUT2D eigenvalue weighted by atomic mass is 127. The van der Waals surface area contributed by atoms with Gasteiger partial charge in [0.25, 0.3) is 0 Å². The Morgan fingerprint density at radius 1 is 1.15 bits per heavy atom. The Balaban J connectivity index is 0.00000147. The lowest BCUT2D eigenvalue weighted by Gasteiger charge is -2.60. The van der Waals surface area contributed by atoms with Gasteiger partial charge in [-0.3, -0.25) is 4.99 Å². The van der Waals surface area contributed by atoms with Gasteiger partial charge in [-0.05, 0) is 32.1 Å². The summed E-state index contributed by atoms with van der Waals surface area (Å²) in [6, 6.07) is 1.12. The standard InChI is InChI=1S/C15H27N3O.HI/c1-15(2)12(11-8-5-9-19-13(11)15)18-14(16-3)17-10-6-4-7-10;/h10-13H,4-9H2,1-3H3,(H2,16,17,18);1H. The lowest BCUT2D eigenvalue weighted by molar-refractivity contribution is -0.188. The smallest absolute Gasteiger partial charge is 0.191 e. The van der Waals surface area contributed by atoms with Crippen LogP contribution in [0.5, 0.6) is 0 Å². The molecule has 0 aromatic rings. The maximum atomic E-state index is 5.95. The molecule has 1 saturated heterocycles. The molecule has 2 saturated carbocycles. The van der Waals surface area contributed by atoms with E-state index in [1.54, 1.807) is 0 Å². The van der Waals surface area contributed by atoms with Crippen LogP contribution in [0.3, 0.4) is 0 Å². The third kappa shape index (κ3) is 2.80. The lowest BCUT2D eigenvalue weighted by atomic mass is 9.55. The Bertz CT molecular complexity index is 368. The third-order valence-electron chi connectivity index (χ3n) is 5.29. The third-order valence-corrected chi connectivity index (χ3v) is 5.29. The average Bonchev–Trinajstić information content (AvgIpc) is 2.37. The van der Waals surface area contributed by atoms with Crippen LogP contribution in [-0.2, 0) is 4.74 Å². The van der Waals surface area contributed by atoms with Crippen molar-refractivity contribution in [1.82, 2.24) is 10.6 Å². The molecule has 3 atom stereocenters. The van der Waals surface area contributed by atoms with Crippen molar-refractivity contribution in [1.29, 1.82) is 0 Å². The highest BCUT2D eigenvalue weighted by Crippen LogP contribution is 2.51. The summed E-state index contributed by atoms with van der Waals surface area (Å²) in [6.45, 7) is 5.56. The summed E-state index contributed by atoms with van der Waals surface area (Å²) >= 11 is 0. The van der Waals surface area contributed by atoms with E-state index < -0.39 is 0 Å². The summed E-state index contributed by atoms with van der Waals surface area (Å²) in [5.74, 6) is 1.63. The van der Waals surface area contributed by atoms with Gasteiger partial charge in [0.1, 0.15) is 0 Å². The van der Waals surface area contributed by atoms with Crippen LogP contribution in [-0.4, -0.2) is 37.8 Å². The quantitative estimate of drug-likeness (QED) is 0.431. The van der Waals surface area contributed by atoms with E-state index in [4.69, 9.17) is 4.74 Å². The summed E-state index contributed by atoms with van der Waals surface area (Å²) in [7, 11) is 1.87. The fraction of sp³-hybridized carbons (Fsp3) is 0.933. The normalized spacial score (nSPS) is 36.0. The molecule has 0 aromatic carbocycles. The molecule has 3 fully saturated rings. The first-order chi connectivity index (χ1) is 9.13. The molecule has 3 aliphatic rings. The minimum Gasteiger partial charge on any atom is -0.377 e. The van der Waals surface area contributed by atoms with Crippen LogP contribution in [0, 0.1) is 11.3 Å². The molecule has 0 aromatic heterocycles. The van der Waals surface area contributed by atoms with Crippen LogP contribution in [0.1, 0.15) is 46.0 Å². The fourth-order valence-electron chi connectivity index (χ4n) is 3.88. The molecule has 3 rings (SSSR count).